The zero-order valence-corrected chi connectivity index (χ0v) is 8.79. The van der Waals surface area contributed by atoms with E-state index in [-0.39, 0.29) is 6.54 Å². The summed E-state index contributed by atoms with van der Waals surface area (Å²) in [5.41, 5.74) is 0. The first-order valence-electron chi connectivity index (χ1n) is 4.38. The second-order valence-corrected chi connectivity index (χ2v) is 5.26. The monoisotopic (exact) mass is 208 g/mol. The molecular formula is C7H16N2O3S. The molecule has 1 rings (SSSR count). The molecule has 0 radical (unpaired) electrons. The first kappa shape index (κ1) is 10.9. The van der Waals surface area contributed by atoms with E-state index in [2.05, 4.69) is 0 Å². The van der Waals surface area contributed by atoms with Gasteiger partial charge >= 0.3 is 0 Å². The zero-order valence-electron chi connectivity index (χ0n) is 7.97. The normalized spacial score (nSPS) is 25.7. The molecule has 0 aromatic carbocycles. The minimum Gasteiger partial charge on any atom is -0.392 e. The minimum atomic E-state index is -3.32. The summed E-state index contributed by atoms with van der Waals surface area (Å²) >= 11 is 0. The minimum absolute atomic E-state index is 0.229. The Morgan fingerprint density at radius 2 is 2.23 bits per heavy atom. The van der Waals surface area contributed by atoms with E-state index < -0.39 is 16.3 Å². The lowest BCUT2D eigenvalue weighted by molar-refractivity contribution is 0.188. The molecule has 5 nitrogen and oxygen atoms in total. The molecule has 0 saturated carbocycles. The molecule has 1 saturated heterocycles. The highest BCUT2D eigenvalue weighted by molar-refractivity contribution is 7.86. The summed E-state index contributed by atoms with van der Waals surface area (Å²) in [4.78, 5) is 0. The van der Waals surface area contributed by atoms with Gasteiger partial charge in [-0.3, -0.25) is 0 Å². The van der Waals surface area contributed by atoms with E-state index in [1.807, 2.05) is 0 Å². The summed E-state index contributed by atoms with van der Waals surface area (Å²) < 4.78 is 25.9. The average Bonchev–Trinajstić information content (AvgIpc) is 2.50. The third kappa shape index (κ3) is 2.19. The van der Waals surface area contributed by atoms with Crippen LogP contribution in [-0.4, -0.2) is 54.9 Å². The molecule has 1 atom stereocenters. The Balaban J connectivity index is 2.71. The van der Waals surface area contributed by atoms with Gasteiger partial charge in [0, 0.05) is 26.7 Å². The van der Waals surface area contributed by atoms with E-state index >= 15 is 0 Å². The fraction of sp³-hybridized carbons (Fsp3) is 1.00. The number of nitrogens with zero attached hydrogens (tertiary/aromatic N) is 2. The van der Waals surface area contributed by atoms with Gasteiger partial charge in [0.2, 0.25) is 0 Å². The first-order valence-corrected chi connectivity index (χ1v) is 5.77. The molecule has 1 fully saturated rings. The lowest BCUT2D eigenvalue weighted by atomic mass is 10.3. The molecule has 0 amide bonds. The highest BCUT2D eigenvalue weighted by Crippen LogP contribution is 2.15. The average molecular weight is 208 g/mol. The van der Waals surface area contributed by atoms with Crippen LogP contribution in [0, 0.1) is 0 Å². The molecule has 0 spiro atoms. The number of rotatable bonds is 3. The van der Waals surface area contributed by atoms with Gasteiger partial charge in [0.25, 0.3) is 10.2 Å². The van der Waals surface area contributed by atoms with Gasteiger partial charge in [-0.25, -0.2) is 0 Å². The van der Waals surface area contributed by atoms with Crippen molar-refractivity contribution in [3.05, 3.63) is 0 Å². The van der Waals surface area contributed by atoms with Crippen molar-refractivity contribution < 1.29 is 13.5 Å². The van der Waals surface area contributed by atoms with E-state index in [0.717, 1.165) is 0 Å². The molecule has 0 aromatic heterocycles. The standard InChI is InChI=1S/C7H16N2O3S/c1-3-8(2)13(11,12)9-5-4-7(10)6-9/h7,10H,3-6H2,1-2H3/t7-/m0/s1. The maximum atomic E-state index is 11.7. The topological polar surface area (TPSA) is 60.9 Å². The lowest BCUT2D eigenvalue weighted by Gasteiger charge is -2.22. The highest BCUT2D eigenvalue weighted by atomic mass is 32.2. The van der Waals surface area contributed by atoms with Gasteiger partial charge in [0.05, 0.1) is 6.10 Å². The molecule has 0 bridgehead atoms. The second kappa shape index (κ2) is 3.91. The molecule has 13 heavy (non-hydrogen) atoms. The fourth-order valence-corrected chi connectivity index (χ4v) is 2.70. The van der Waals surface area contributed by atoms with Crippen LogP contribution in [0.4, 0.5) is 0 Å². The van der Waals surface area contributed by atoms with Crippen LogP contribution in [0.3, 0.4) is 0 Å². The van der Waals surface area contributed by atoms with Crippen LogP contribution in [0.25, 0.3) is 0 Å². The van der Waals surface area contributed by atoms with Gasteiger partial charge < -0.3 is 5.11 Å². The Hall–Kier alpha value is -0.170. The smallest absolute Gasteiger partial charge is 0.281 e. The lowest BCUT2D eigenvalue weighted by Crippen LogP contribution is -2.40. The molecule has 0 unspecified atom stereocenters. The van der Waals surface area contributed by atoms with E-state index in [1.165, 1.54) is 8.61 Å². The second-order valence-electron chi connectivity index (χ2n) is 3.22. The number of aliphatic hydroxyl groups is 1. The van der Waals surface area contributed by atoms with Crippen LogP contribution in [0.15, 0.2) is 0 Å². The van der Waals surface area contributed by atoms with Gasteiger partial charge in [-0.1, -0.05) is 6.92 Å². The summed E-state index contributed by atoms with van der Waals surface area (Å²) in [5, 5.41) is 9.19. The molecule has 0 aliphatic carbocycles. The molecule has 78 valence electrons. The van der Waals surface area contributed by atoms with Crippen LogP contribution < -0.4 is 0 Å². The van der Waals surface area contributed by atoms with Crippen molar-refractivity contribution in [3.8, 4) is 0 Å². The number of β-amino-alcohol motifs (C(OH)–C–C–N with tert-alkyl or cyclic N) is 1. The number of hydrogen-bond acceptors (Lipinski definition) is 3. The highest BCUT2D eigenvalue weighted by Gasteiger charge is 2.32. The summed E-state index contributed by atoms with van der Waals surface area (Å²) in [6, 6.07) is 0. The van der Waals surface area contributed by atoms with Gasteiger partial charge in [-0.15, -0.1) is 0 Å². The zero-order chi connectivity index (χ0) is 10.1. The Kier molecular flexibility index (Phi) is 3.28. The van der Waals surface area contributed by atoms with E-state index in [0.29, 0.717) is 19.5 Å². The van der Waals surface area contributed by atoms with Crippen LogP contribution >= 0.6 is 0 Å². The van der Waals surface area contributed by atoms with Crippen molar-refractivity contribution in [2.24, 2.45) is 0 Å². The van der Waals surface area contributed by atoms with Gasteiger partial charge in [-0.2, -0.15) is 17.0 Å². The predicted molar refractivity (Wildman–Crippen MR) is 49.4 cm³/mol. The van der Waals surface area contributed by atoms with Gasteiger partial charge in [0.15, 0.2) is 0 Å². The molecule has 1 aliphatic heterocycles. The van der Waals surface area contributed by atoms with Gasteiger partial charge in [0.1, 0.15) is 0 Å². The summed E-state index contributed by atoms with van der Waals surface area (Å²) in [6.45, 7) is 2.89. The van der Waals surface area contributed by atoms with Crippen molar-refractivity contribution in [1.82, 2.24) is 8.61 Å². The fourth-order valence-electron chi connectivity index (χ4n) is 1.28. The van der Waals surface area contributed by atoms with Crippen LogP contribution in [0.2, 0.25) is 0 Å². The van der Waals surface area contributed by atoms with E-state index in [9.17, 15) is 13.5 Å². The van der Waals surface area contributed by atoms with Crippen molar-refractivity contribution >= 4 is 10.2 Å². The van der Waals surface area contributed by atoms with Crippen molar-refractivity contribution in [1.29, 1.82) is 0 Å². The maximum absolute atomic E-state index is 11.7. The first-order chi connectivity index (χ1) is 5.98. The Morgan fingerprint density at radius 3 is 2.62 bits per heavy atom. The third-order valence-corrected chi connectivity index (χ3v) is 4.32. The Morgan fingerprint density at radius 1 is 1.62 bits per heavy atom. The Labute approximate surface area is 79.1 Å². The summed E-state index contributed by atoms with van der Waals surface area (Å²) in [5.74, 6) is 0. The van der Waals surface area contributed by atoms with Crippen LogP contribution in [0.5, 0.6) is 0 Å². The van der Waals surface area contributed by atoms with Crippen molar-refractivity contribution in [3.63, 3.8) is 0 Å². The van der Waals surface area contributed by atoms with Crippen molar-refractivity contribution in [2.75, 3.05) is 26.7 Å². The molecular weight excluding hydrogens is 192 g/mol. The molecule has 6 heteroatoms. The van der Waals surface area contributed by atoms with Gasteiger partial charge in [-0.05, 0) is 6.42 Å². The summed E-state index contributed by atoms with van der Waals surface area (Å²) in [6.07, 6.45) is 0.0385. The van der Waals surface area contributed by atoms with Crippen molar-refractivity contribution in [2.45, 2.75) is 19.4 Å². The van der Waals surface area contributed by atoms with E-state index in [4.69, 9.17) is 0 Å². The van der Waals surface area contributed by atoms with Crippen LogP contribution in [-0.2, 0) is 10.2 Å². The number of hydrogen-bond donors (Lipinski definition) is 1. The largest absolute Gasteiger partial charge is 0.392 e. The molecule has 1 aliphatic rings. The summed E-state index contributed by atoms with van der Waals surface area (Å²) in [7, 11) is -1.77. The molecule has 1 N–H and O–H groups in total. The Bertz CT molecular complexity index is 265. The number of aliphatic hydroxyl groups excluding tert-OH is 1. The van der Waals surface area contributed by atoms with E-state index in [1.54, 1.807) is 14.0 Å². The maximum Gasteiger partial charge on any atom is 0.281 e. The quantitative estimate of drug-likeness (QED) is 0.664. The third-order valence-electron chi connectivity index (χ3n) is 2.29. The SMILES string of the molecule is CCN(C)S(=O)(=O)N1CC[C@H](O)C1. The predicted octanol–water partition coefficient (Wildman–Crippen LogP) is -0.750. The van der Waals surface area contributed by atoms with Crippen LogP contribution in [0.1, 0.15) is 13.3 Å². The molecule has 1 heterocycles. The molecule has 0 aromatic rings.